The second-order valence-corrected chi connectivity index (χ2v) is 28.7. The third kappa shape index (κ3) is 10.6. The highest BCUT2D eigenvalue weighted by atomic mass is 31.2. The first-order chi connectivity index (χ1) is 25.8. The van der Waals surface area contributed by atoms with Gasteiger partial charge in [0.1, 0.15) is 30.8 Å². The molecule has 0 saturated carbocycles. The van der Waals surface area contributed by atoms with Gasteiger partial charge < -0.3 is 18.3 Å². The van der Waals surface area contributed by atoms with Gasteiger partial charge in [-0.25, -0.2) is 14.2 Å². The van der Waals surface area contributed by atoms with Crippen LogP contribution in [0.1, 0.15) is 72.4 Å². The zero-order chi connectivity index (χ0) is 42.0. The first-order valence-electron chi connectivity index (χ1n) is 18.9. The van der Waals surface area contributed by atoms with E-state index >= 15 is 0 Å². The molecule has 0 aliphatic carbocycles. The summed E-state index contributed by atoms with van der Waals surface area (Å²) in [5.41, 5.74) is -2.08. The number of nitrogens with one attached hydrogen (secondary N) is 2. The van der Waals surface area contributed by atoms with Gasteiger partial charge in [-0.1, -0.05) is 53.7 Å². The van der Waals surface area contributed by atoms with Crippen LogP contribution in [0.4, 0.5) is 0 Å². The number of aromatic nitrogens is 4. The fourth-order valence-corrected chi connectivity index (χ4v) is 9.76. The molecular weight excluding hydrogens is 780 g/mol. The van der Waals surface area contributed by atoms with E-state index in [1.165, 1.54) is 33.7 Å². The van der Waals surface area contributed by atoms with Gasteiger partial charge >= 0.3 is 19.2 Å². The van der Waals surface area contributed by atoms with E-state index in [4.69, 9.17) is 31.9 Å². The maximum atomic E-state index is 14.8. The third-order valence-corrected chi connectivity index (χ3v) is 21.8. The molecule has 2 aliphatic rings. The monoisotopic (exact) mass is 840 g/mol. The number of nitrogens with zero attached hydrogens (tertiary/aromatic N) is 2. The molecule has 8 atom stereocenters. The molecule has 4 rings (SSSR count). The molecule has 16 nitrogen and oxygen atoms in total. The molecule has 56 heavy (non-hydrogen) atoms. The average molecular weight is 841 g/mol. The van der Waals surface area contributed by atoms with Crippen molar-refractivity contribution in [3.05, 3.63) is 91.0 Å². The van der Waals surface area contributed by atoms with E-state index in [1.807, 2.05) is 0 Å². The fourth-order valence-electron chi connectivity index (χ4n) is 5.98. The van der Waals surface area contributed by atoms with Crippen LogP contribution < -0.4 is 22.5 Å². The van der Waals surface area contributed by atoms with Crippen molar-refractivity contribution in [1.82, 2.24) is 19.1 Å². The van der Waals surface area contributed by atoms with Crippen LogP contribution in [0.15, 0.2) is 62.9 Å². The Morgan fingerprint density at radius 1 is 0.893 bits per heavy atom. The number of ether oxygens (including phenoxy) is 2. The van der Waals surface area contributed by atoms with Crippen molar-refractivity contribution in [1.29, 1.82) is 0 Å². The van der Waals surface area contributed by atoms with Crippen molar-refractivity contribution in [2.24, 2.45) is 5.92 Å². The number of aromatic amines is 2. The summed E-state index contributed by atoms with van der Waals surface area (Å²) in [6.45, 7) is 29.7. The summed E-state index contributed by atoms with van der Waals surface area (Å²) in [5.74, 6) is -0.662. The van der Waals surface area contributed by atoms with Crippen molar-refractivity contribution in [2.45, 2.75) is 134 Å². The van der Waals surface area contributed by atoms with Crippen LogP contribution >= 0.6 is 7.82 Å². The van der Waals surface area contributed by atoms with E-state index in [9.17, 15) is 23.7 Å². The lowest BCUT2D eigenvalue weighted by atomic mass is 9.96. The molecule has 0 amide bonds. The predicted octanol–water partition coefficient (Wildman–Crippen LogP) is 5.90. The number of hydrogen-bond acceptors (Lipinski definition) is 12. The number of phosphoric acid groups is 1. The van der Waals surface area contributed by atoms with Crippen LogP contribution in [0.3, 0.4) is 0 Å². The van der Waals surface area contributed by atoms with E-state index in [1.54, 1.807) is 13.0 Å². The Balaban J connectivity index is 1.71. The minimum atomic E-state index is -4.51. The largest absolute Gasteiger partial charge is 0.475 e. The van der Waals surface area contributed by atoms with Gasteiger partial charge in [0.15, 0.2) is 16.6 Å². The molecule has 2 aromatic rings. The van der Waals surface area contributed by atoms with Gasteiger partial charge in [-0.3, -0.25) is 42.3 Å². The van der Waals surface area contributed by atoms with Crippen LogP contribution in [0.2, 0.25) is 36.3 Å². The van der Waals surface area contributed by atoms with E-state index in [0.29, 0.717) is 5.56 Å². The lowest BCUT2D eigenvalue weighted by molar-refractivity contribution is -0.0574. The maximum Gasteiger partial charge on any atom is 0.475 e. The van der Waals surface area contributed by atoms with Gasteiger partial charge in [-0.15, -0.1) is 13.2 Å². The highest BCUT2D eigenvalue weighted by molar-refractivity contribution is 7.48. The van der Waals surface area contributed by atoms with Gasteiger partial charge in [-0.05, 0) is 49.6 Å². The Kier molecular flexibility index (Phi) is 14.4. The first kappa shape index (κ1) is 45.9. The zero-order valence-corrected chi connectivity index (χ0v) is 37.5. The number of aryl methyl sites for hydroxylation is 1. The normalized spacial score (nSPS) is 25.9. The van der Waals surface area contributed by atoms with Crippen molar-refractivity contribution in [3.8, 4) is 0 Å². The maximum absolute atomic E-state index is 14.8. The Morgan fingerprint density at radius 2 is 1.54 bits per heavy atom. The number of H-pyrrole nitrogens is 2. The molecule has 314 valence electrons. The summed E-state index contributed by atoms with van der Waals surface area (Å²) in [7, 11) is -9.29. The van der Waals surface area contributed by atoms with Crippen LogP contribution in [-0.4, -0.2) is 80.0 Å². The van der Waals surface area contributed by atoms with Gasteiger partial charge in [-0.2, -0.15) is 0 Å². The van der Waals surface area contributed by atoms with Crippen LogP contribution in [0.5, 0.6) is 0 Å². The lowest BCUT2D eigenvalue weighted by Gasteiger charge is -2.39. The molecule has 2 aliphatic heterocycles. The molecule has 2 N–H and O–H groups in total. The molecule has 4 heterocycles. The van der Waals surface area contributed by atoms with E-state index in [2.05, 4.69) is 90.9 Å². The molecule has 0 bridgehead atoms. The summed E-state index contributed by atoms with van der Waals surface area (Å²) in [5, 5.41) is -0.327. The molecule has 2 fully saturated rings. The van der Waals surface area contributed by atoms with Gasteiger partial charge in [0.2, 0.25) is 0 Å². The molecule has 0 radical (unpaired) electrons. The van der Waals surface area contributed by atoms with E-state index < -0.39 is 89.7 Å². The van der Waals surface area contributed by atoms with E-state index in [0.717, 1.165) is 0 Å². The van der Waals surface area contributed by atoms with Crippen molar-refractivity contribution in [2.75, 3.05) is 19.8 Å². The average Bonchev–Trinajstić information content (AvgIpc) is 3.62. The highest BCUT2D eigenvalue weighted by Gasteiger charge is 2.52. The van der Waals surface area contributed by atoms with Crippen LogP contribution in [-0.2, 0) is 36.5 Å². The van der Waals surface area contributed by atoms with Crippen molar-refractivity contribution in [3.63, 3.8) is 0 Å². The molecule has 0 spiro atoms. The van der Waals surface area contributed by atoms with Gasteiger partial charge in [0, 0.05) is 36.4 Å². The fraction of sp³-hybridized carbons (Fsp3) is 0.676. The second-order valence-electron chi connectivity index (χ2n) is 17.5. The smallest absolute Gasteiger partial charge is 0.414 e. The minimum Gasteiger partial charge on any atom is -0.414 e. The Hall–Kier alpha value is -2.78. The summed E-state index contributed by atoms with van der Waals surface area (Å²) >= 11 is 0. The van der Waals surface area contributed by atoms with Crippen LogP contribution in [0, 0.1) is 12.8 Å². The SMILES string of the molecule is C=CCOP(=O)(OC[C@H]1O[C@@H](n2cc(C)c(=O)[nH]c2=O)C[C@@H]1O[Si](C)(C)C(C)(C)C)O[C@H]1[C@@H](CC=C)[C@H](n2ccc(=O)[nH]c2=O)O[C@@H]1CO[Si](C)(C)C(C)(C)C. The lowest BCUT2D eigenvalue weighted by Crippen LogP contribution is -2.46. The Bertz CT molecular complexity index is 2000. The van der Waals surface area contributed by atoms with Gasteiger partial charge in [0.25, 0.3) is 11.1 Å². The standard InChI is InChI=1S/C37H61N4O12PSi2/c1-14-16-25-31(28(23-49-55(10,11)36(4,5)6)51-33(25)40-18-17-29(42)38-34(40)44)52-54(46,47-19-15-2)48-22-27-26(53-56(12,13)37(7,8)9)20-30(50-27)41-21-24(3)32(43)39-35(41)45/h14-15,17-18,21,25-28,30-31,33H,1-2,16,19-20,22-23H2,3-13H3,(H,38,42,44)(H,39,43,45)/t25-,26+,27-,28-,30-,31+,33-,54?/m1/s1. The minimum absolute atomic E-state index is 0.0358. The highest BCUT2D eigenvalue weighted by Crippen LogP contribution is 2.55. The van der Waals surface area contributed by atoms with Crippen molar-refractivity contribution < 1.29 is 36.5 Å². The second kappa shape index (κ2) is 17.6. The summed E-state index contributed by atoms with van der Waals surface area (Å²) in [6, 6.07) is 1.21. The first-order valence-corrected chi connectivity index (χ1v) is 26.2. The van der Waals surface area contributed by atoms with Crippen LogP contribution in [0.25, 0.3) is 0 Å². The topological polar surface area (TPSA) is 191 Å². The van der Waals surface area contributed by atoms with E-state index in [-0.39, 0.29) is 42.7 Å². The number of hydrogen-bond donors (Lipinski definition) is 2. The number of phosphoric ester groups is 1. The predicted molar refractivity (Wildman–Crippen MR) is 218 cm³/mol. The molecule has 0 aromatic carbocycles. The zero-order valence-electron chi connectivity index (χ0n) is 34.6. The Morgan fingerprint density at radius 3 is 2.12 bits per heavy atom. The Labute approximate surface area is 330 Å². The summed E-state index contributed by atoms with van der Waals surface area (Å²) < 4.78 is 61.9. The molecule has 2 aromatic heterocycles. The summed E-state index contributed by atoms with van der Waals surface area (Å²) in [6.07, 6.45) is 1.20. The quantitative estimate of drug-likeness (QED) is 0.109. The number of allylic oxidation sites excluding steroid dienone is 1. The van der Waals surface area contributed by atoms with Crippen molar-refractivity contribution >= 4 is 24.5 Å². The molecular formula is C37H61N4O12PSi2. The molecule has 19 heteroatoms. The third-order valence-electron chi connectivity index (χ3n) is 11.3. The number of rotatable bonds is 17. The summed E-state index contributed by atoms with van der Waals surface area (Å²) in [4.78, 5) is 54.7. The van der Waals surface area contributed by atoms with Gasteiger partial charge in [0.05, 0.1) is 25.9 Å². The molecule has 1 unspecified atom stereocenters. The molecule has 2 saturated heterocycles.